The van der Waals surface area contributed by atoms with Gasteiger partial charge < -0.3 is 34.9 Å². The van der Waals surface area contributed by atoms with Crippen molar-refractivity contribution >= 4 is 17.6 Å². The van der Waals surface area contributed by atoms with Gasteiger partial charge in [-0.25, -0.2) is 0 Å². The Hall–Kier alpha value is -2.32. The zero-order valence-electron chi connectivity index (χ0n) is 14.0. The summed E-state index contributed by atoms with van der Waals surface area (Å²) >= 11 is 0. The summed E-state index contributed by atoms with van der Waals surface area (Å²) in [6.07, 6.45) is -0.141. The van der Waals surface area contributed by atoms with Crippen LogP contribution in [0, 0.1) is 0 Å². The number of piperazine rings is 1. The van der Waals surface area contributed by atoms with Crippen LogP contribution in [0.5, 0.6) is 11.5 Å². The van der Waals surface area contributed by atoms with E-state index < -0.39 is 17.9 Å². The SMILES string of the molecule is COc1ccc(OC)c(NC(=O)C[C@H](C(=O)[O-])[NH+]2CC[NH2+]CC2)c1. The van der Waals surface area contributed by atoms with Crippen molar-refractivity contribution in [2.24, 2.45) is 0 Å². The molecule has 1 saturated heterocycles. The zero-order chi connectivity index (χ0) is 17.5. The first-order valence-corrected chi connectivity index (χ1v) is 7.94. The second-order valence-electron chi connectivity index (χ2n) is 5.71. The average Bonchev–Trinajstić information content (AvgIpc) is 2.60. The molecule has 1 amide bonds. The minimum absolute atomic E-state index is 0.141. The van der Waals surface area contributed by atoms with Gasteiger partial charge in [-0.2, -0.15) is 0 Å². The van der Waals surface area contributed by atoms with Gasteiger partial charge in [0.2, 0.25) is 5.91 Å². The summed E-state index contributed by atoms with van der Waals surface area (Å²) < 4.78 is 10.3. The number of ether oxygens (including phenoxy) is 2. The Morgan fingerprint density at radius 3 is 2.58 bits per heavy atom. The minimum atomic E-state index is -1.19. The van der Waals surface area contributed by atoms with Crippen LogP contribution in [0.15, 0.2) is 18.2 Å². The van der Waals surface area contributed by atoms with Crippen molar-refractivity contribution in [1.29, 1.82) is 0 Å². The van der Waals surface area contributed by atoms with E-state index in [9.17, 15) is 14.7 Å². The van der Waals surface area contributed by atoms with Crippen molar-refractivity contribution in [2.75, 3.05) is 45.7 Å². The highest BCUT2D eigenvalue weighted by molar-refractivity contribution is 5.94. The molecule has 24 heavy (non-hydrogen) atoms. The molecule has 2 rings (SSSR count). The predicted molar refractivity (Wildman–Crippen MR) is 83.9 cm³/mol. The Kier molecular flexibility index (Phi) is 6.39. The summed E-state index contributed by atoms with van der Waals surface area (Å²) in [6.45, 7) is 3.11. The third-order valence-corrected chi connectivity index (χ3v) is 4.19. The Bertz CT molecular complexity index is 587. The van der Waals surface area contributed by atoms with E-state index in [1.807, 2.05) is 0 Å². The van der Waals surface area contributed by atoms with E-state index in [2.05, 4.69) is 10.6 Å². The Morgan fingerprint density at radius 2 is 2.00 bits per heavy atom. The number of carbonyl (C=O) groups is 2. The number of carboxylic acid groups (broad SMARTS) is 1. The molecular formula is C16H24N3O5+. The summed E-state index contributed by atoms with van der Waals surface area (Å²) in [4.78, 5) is 24.6. The van der Waals surface area contributed by atoms with Gasteiger partial charge in [0, 0.05) is 6.07 Å². The first-order chi connectivity index (χ1) is 11.5. The lowest BCUT2D eigenvalue weighted by Gasteiger charge is -2.30. The monoisotopic (exact) mass is 338 g/mol. The third-order valence-electron chi connectivity index (χ3n) is 4.19. The number of anilines is 1. The quantitative estimate of drug-likeness (QED) is 0.481. The Balaban J connectivity index is 2.06. The molecule has 4 N–H and O–H groups in total. The van der Waals surface area contributed by atoms with E-state index in [-0.39, 0.29) is 6.42 Å². The van der Waals surface area contributed by atoms with Crippen molar-refractivity contribution in [3.05, 3.63) is 18.2 Å². The summed E-state index contributed by atoms with van der Waals surface area (Å²) in [7, 11) is 3.02. The number of aliphatic carboxylic acids is 1. The highest BCUT2D eigenvalue weighted by atomic mass is 16.5. The van der Waals surface area contributed by atoms with Gasteiger partial charge in [-0.3, -0.25) is 4.79 Å². The number of amides is 1. The molecule has 8 nitrogen and oxygen atoms in total. The molecule has 0 bridgehead atoms. The number of nitrogens with one attached hydrogen (secondary N) is 2. The normalized spacial score (nSPS) is 16.2. The molecule has 8 heteroatoms. The molecule has 0 saturated carbocycles. The molecular weight excluding hydrogens is 314 g/mol. The molecule has 0 spiro atoms. The molecule has 132 valence electrons. The number of quaternary nitrogens is 2. The fourth-order valence-corrected chi connectivity index (χ4v) is 2.89. The molecule has 0 aliphatic carbocycles. The van der Waals surface area contributed by atoms with E-state index >= 15 is 0 Å². The molecule has 1 heterocycles. The molecule has 1 aromatic carbocycles. The first-order valence-electron chi connectivity index (χ1n) is 7.94. The number of nitrogens with two attached hydrogens (primary N) is 1. The highest BCUT2D eigenvalue weighted by Crippen LogP contribution is 2.28. The lowest BCUT2D eigenvalue weighted by atomic mass is 10.1. The fourth-order valence-electron chi connectivity index (χ4n) is 2.89. The van der Waals surface area contributed by atoms with E-state index in [1.165, 1.54) is 14.2 Å². The van der Waals surface area contributed by atoms with Crippen LogP contribution in [0.25, 0.3) is 0 Å². The number of methoxy groups -OCH3 is 2. The lowest BCUT2D eigenvalue weighted by molar-refractivity contribution is -0.961. The fraction of sp³-hybridized carbons (Fsp3) is 0.500. The number of carbonyl (C=O) groups excluding carboxylic acids is 2. The summed E-state index contributed by atoms with van der Waals surface area (Å²) in [5.41, 5.74) is 0.445. The maximum absolute atomic E-state index is 12.3. The second kappa shape index (κ2) is 8.51. The summed E-state index contributed by atoms with van der Waals surface area (Å²) in [5, 5.41) is 16.3. The van der Waals surface area contributed by atoms with E-state index in [1.54, 1.807) is 18.2 Å². The number of carboxylic acids is 1. The maximum Gasteiger partial charge on any atom is 0.230 e. The first kappa shape index (κ1) is 18.0. The van der Waals surface area contributed by atoms with E-state index in [0.717, 1.165) is 18.0 Å². The molecule has 0 unspecified atom stereocenters. The largest absolute Gasteiger partial charge is 0.544 e. The van der Waals surface area contributed by atoms with Crippen molar-refractivity contribution in [3.63, 3.8) is 0 Å². The van der Waals surface area contributed by atoms with Gasteiger partial charge in [-0.15, -0.1) is 0 Å². The topological polar surface area (TPSA) is 109 Å². The molecule has 0 aromatic heterocycles. The van der Waals surface area contributed by atoms with Crippen molar-refractivity contribution in [2.45, 2.75) is 12.5 Å². The van der Waals surface area contributed by atoms with Gasteiger partial charge in [0.1, 0.15) is 43.7 Å². The van der Waals surface area contributed by atoms with Crippen molar-refractivity contribution in [1.82, 2.24) is 0 Å². The van der Waals surface area contributed by atoms with Gasteiger partial charge in [0.15, 0.2) is 0 Å². The molecule has 1 fully saturated rings. The van der Waals surface area contributed by atoms with Crippen LogP contribution in [0.4, 0.5) is 5.69 Å². The van der Waals surface area contributed by atoms with Gasteiger partial charge in [0.05, 0.1) is 32.3 Å². The lowest BCUT2D eigenvalue weighted by Crippen LogP contribution is -3.24. The van der Waals surface area contributed by atoms with Crippen LogP contribution in [-0.4, -0.2) is 58.3 Å². The average molecular weight is 338 g/mol. The van der Waals surface area contributed by atoms with Crippen molar-refractivity contribution in [3.8, 4) is 11.5 Å². The van der Waals surface area contributed by atoms with Crippen molar-refractivity contribution < 1.29 is 34.4 Å². The van der Waals surface area contributed by atoms with Gasteiger partial charge in [-0.05, 0) is 12.1 Å². The summed E-state index contributed by atoms with van der Waals surface area (Å²) in [6, 6.07) is 4.17. The smallest absolute Gasteiger partial charge is 0.230 e. The highest BCUT2D eigenvalue weighted by Gasteiger charge is 2.29. The predicted octanol–water partition coefficient (Wildman–Crippen LogP) is -3.39. The molecule has 1 aliphatic heterocycles. The van der Waals surface area contributed by atoms with Crippen LogP contribution in [0.1, 0.15) is 6.42 Å². The number of hydrogen-bond acceptors (Lipinski definition) is 5. The van der Waals surface area contributed by atoms with Crippen LogP contribution in [-0.2, 0) is 9.59 Å². The second-order valence-corrected chi connectivity index (χ2v) is 5.71. The standard InChI is InChI=1S/C16H23N3O5/c1-23-11-3-4-14(24-2)12(9-11)18-15(20)10-13(16(21)22)19-7-5-17-6-8-19/h3-4,9,13,17H,5-8,10H2,1-2H3,(H,18,20)(H,21,22)/p+1/t13-/m1/s1. The van der Waals surface area contributed by atoms with E-state index in [0.29, 0.717) is 30.3 Å². The Labute approximate surface area is 140 Å². The van der Waals surface area contributed by atoms with Crippen LogP contribution in [0.3, 0.4) is 0 Å². The van der Waals surface area contributed by atoms with E-state index in [4.69, 9.17) is 9.47 Å². The van der Waals surface area contributed by atoms with Gasteiger partial charge in [-0.1, -0.05) is 0 Å². The summed E-state index contributed by atoms with van der Waals surface area (Å²) in [5.74, 6) is -0.536. The maximum atomic E-state index is 12.3. The number of benzene rings is 1. The van der Waals surface area contributed by atoms with Gasteiger partial charge in [0.25, 0.3) is 0 Å². The number of hydrogen-bond donors (Lipinski definition) is 3. The van der Waals surface area contributed by atoms with Crippen LogP contribution in [0.2, 0.25) is 0 Å². The van der Waals surface area contributed by atoms with Crippen LogP contribution >= 0.6 is 0 Å². The molecule has 1 atom stereocenters. The molecule has 1 aliphatic rings. The zero-order valence-corrected chi connectivity index (χ0v) is 14.0. The molecule has 0 radical (unpaired) electrons. The third kappa shape index (κ3) is 4.59. The molecule has 1 aromatic rings. The van der Waals surface area contributed by atoms with Gasteiger partial charge >= 0.3 is 0 Å². The van der Waals surface area contributed by atoms with Crippen LogP contribution < -0.4 is 30.1 Å². The Morgan fingerprint density at radius 1 is 1.29 bits per heavy atom. The number of rotatable bonds is 7. The minimum Gasteiger partial charge on any atom is -0.544 e.